The molecule has 0 aliphatic heterocycles. The number of hydrogen-bond acceptors (Lipinski definition) is 6. The number of sulfonamides is 1. The smallest absolute Gasteiger partial charge is 0.321 e. The summed E-state index contributed by atoms with van der Waals surface area (Å²) >= 11 is 0. The van der Waals surface area contributed by atoms with Crippen LogP contribution in [0.1, 0.15) is 12.5 Å². The molecule has 0 aromatic heterocycles. The van der Waals surface area contributed by atoms with Crippen LogP contribution in [0.2, 0.25) is 0 Å². The second-order valence-electron chi connectivity index (χ2n) is 3.81. The molecule has 1 N–H and O–H groups in total. The highest BCUT2D eigenvalue weighted by Gasteiger charge is 2.28. The number of carbonyl (C=O) groups excluding carboxylic acids is 1. The maximum Gasteiger partial charge on any atom is 0.321 e. The normalized spacial score (nSPS) is 11.1. The zero-order valence-corrected chi connectivity index (χ0v) is 11.8. The van der Waals surface area contributed by atoms with E-state index in [0.717, 1.165) is 6.07 Å². The van der Waals surface area contributed by atoms with Gasteiger partial charge >= 0.3 is 5.97 Å². The fraction of sp³-hybridized carbons (Fsp3) is 0.364. The fourth-order valence-electron chi connectivity index (χ4n) is 1.57. The Balaban J connectivity index is 3.10. The van der Waals surface area contributed by atoms with E-state index in [-0.39, 0.29) is 12.2 Å². The van der Waals surface area contributed by atoms with E-state index in [0.29, 0.717) is 0 Å². The first kappa shape index (κ1) is 16.1. The Bertz CT molecular complexity index is 626. The standard InChI is InChI=1S/C11H14N2O6S/c1-3-19-10(14)7-12-20(17,18)11-8(2)5-4-6-9(11)13(15)16/h4-6,12H,3,7H2,1-2H3. The van der Waals surface area contributed by atoms with Gasteiger partial charge in [0, 0.05) is 6.07 Å². The minimum absolute atomic E-state index is 0.116. The highest BCUT2D eigenvalue weighted by Crippen LogP contribution is 2.26. The fourth-order valence-corrected chi connectivity index (χ4v) is 2.93. The van der Waals surface area contributed by atoms with Crippen LogP contribution in [0.5, 0.6) is 0 Å². The van der Waals surface area contributed by atoms with Gasteiger partial charge in [-0.25, -0.2) is 8.42 Å². The second kappa shape index (κ2) is 6.44. The monoisotopic (exact) mass is 302 g/mol. The number of esters is 1. The molecule has 0 atom stereocenters. The van der Waals surface area contributed by atoms with Crippen LogP contribution in [-0.4, -0.2) is 32.5 Å². The maximum atomic E-state index is 12.1. The van der Waals surface area contributed by atoms with E-state index in [1.165, 1.54) is 19.1 Å². The molecule has 0 heterocycles. The van der Waals surface area contributed by atoms with Crippen molar-refractivity contribution >= 4 is 21.7 Å². The van der Waals surface area contributed by atoms with E-state index in [9.17, 15) is 23.3 Å². The number of nitro groups is 1. The number of rotatable bonds is 6. The third-order valence-electron chi connectivity index (χ3n) is 2.37. The van der Waals surface area contributed by atoms with Crippen LogP contribution in [0.15, 0.2) is 23.1 Å². The van der Waals surface area contributed by atoms with Gasteiger partial charge < -0.3 is 4.74 Å². The van der Waals surface area contributed by atoms with Gasteiger partial charge in [-0.05, 0) is 19.4 Å². The van der Waals surface area contributed by atoms with Crippen molar-refractivity contribution in [2.75, 3.05) is 13.2 Å². The molecule has 0 amide bonds. The minimum Gasteiger partial charge on any atom is -0.465 e. The van der Waals surface area contributed by atoms with Crippen molar-refractivity contribution in [2.45, 2.75) is 18.7 Å². The first-order valence-corrected chi connectivity index (χ1v) is 7.17. The molecule has 20 heavy (non-hydrogen) atoms. The largest absolute Gasteiger partial charge is 0.465 e. The van der Waals surface area contributed by atoms with E-state index in [1.54, 1.807) is 6.92 Å². The van der Waals surface area contributed by atoms with Gasteiger partial charge in [0.25, 0.3) is 5.69 Å². The number of nitro benzene ring substituents is 1. The van der Waals surface area contributed by atoms with Gasteiger partial charge in [-0.3, -0.25) is 14.9 Å². The van der Waals surface area contributed by atoms with Crippen molar-refractivity contribution in [1.29, 1.82) is 0 Å². The van der Waals surface area contributed by atoms with E-state index < -0.39 is 38.0 Å². The Morgan fingerprint density at radius 2 is 2.10 bits per heavy atom. The number of nitrogens with zero attached hydrogens (tertiary/aromatic N) is 1. The Morgan fingerprint density at radius 3 is 2.65 bits per heavy atom. The van der Waals surface area contributed by atoms with Crippen LogP contribution in [0, 0.1) is 17.0 Å². The molecule has 0 fully saturated rings. The van der Waals surface area contributed by atoms with Crippen LogP contribution in [-0.2, 0) is 19.6 Å². The van der Waals surface area contributed by atoms with Crippen LogP contribution in [0.25, 0.3) is 0 Å². The average molecular weight is 302 g/mol. The van der Waals surface area contributed by atoms with Gasteiger partial charge in [-0.1, -0.05) is 12.1 Å². The molecule has 0 aliphatic rings. The maximum absolute atomic E-state index is 12.1. The summed E-state index contributed by atoms with van der Waals surface area (Å²) in [5.74, 6) is -0.757. The number of carbonyl (C=O) groups is 1. The highest BCUT2D eigenvalue weighted by molar-refractivity contribution is 7.89. The average Bonchev–Trinajstić information content (AvgIpc) is 2.36. The summed E-state index contributed by atoms with van der Waals surface area (Å²) in [6.07, 6.45) is 0. The Morgan fingerprint density at radius 1 is 1.45 bits per heavy atom. The molecular formula is C11H14N2O6S. The van der Waals surface area contributed by atoms with E-state index >= 15 is 0 Å². The lowest BCUT2D eigenvalue weighted by Gasteiger charge is -2.09. The summed E-state index contributed by atoms with van der Waals surface area (Å²) in [5.41, 5.74) is -0.322. The quantitative estimate of drug-likeness (QED) is 0.471. The molecule has 1 rings (SSSR count). The molecular weight excluding hydrogens is 288 g/mol. The lowest BCUT2D eigenvalue weighted by Crippen LogP contribution is -2.31. The van der Waals surface area contributed by atoms with Crippen LogP contribution >= 0.6 is 0 Å². The van der Waals surface area contributed by atoms with E-state index in [2.05, 4.69) is 4.74 Å². The van der Waals surface area contributed by atoms with E-state index in [4.69, 9.17) is 0 Å². The Hall–Kier alpha value is -2.00. The number of nitrogens with one attached hydrogen (secondary N) is 1. The molecule has 8 nitrogen and oxygen atoms in total. The molecule has 110 valence electrons. The number of benzene rings is 1. The summed E-state index contributed by atoms with van der Waals surface area (Å²) in [5, 5.41) is 10.9. The molecule has 0 unspecified atom stereocenters. The predicted molar refractivity (Wildman–Crippen MR) is 69.7 cm³/mol. The zero-order chi connectivity index (χ0) is 15.3. The van der Waals surface area contributed by atoms with Gasteiger partial charge in [0.05, 0.1) is 11.5 Å². The van der Waals surface area contributed by atoms with Crippen molar-refractivity contribution in [2.24, 2.45) is 0 Å². The topological polar surface area (TPSA) is 116 Å². The van der Waals surface area contributed by atoms with Crippen molar-refractivity contribution in [3.8, 4) is 0 Å². The lowest BCUT2D eigenvalue weighted by atomic mass is 10.2. The van der Waals surface area contributed by atoms with Crippen molar-refractivity contribution < 1.29 is 22.9 Å². The molecule has 0 aliphatic carbocycles. The van der Waals surface area contributed by atoms with Crippen molar-refractivity contribution in [3.05, 3.63) is 33.9 Å². The minimum atomic E-state index is -4.17. The summed E-state index contributed by atoms with van der Waals surface area (Å²) < 4.78 is 30.7. The summed E-state index contributed by atoms with van der Waals surface area (Å²) in [7, 11) is -4.17. The first-order valence-electron chi connectivity index (χ1n) is 5.69. The number of ether oxygens (including phenoxy) is 1. The van der Waals surface area contributed by atoms with Gasteiger partial charge in [0.15, 0.2) is 4.90 Å². The SMILES string of the molecule is CCOC(=O)CNS(=O)(=O)c1c(C)cccc1[N+](=O)[O-]. The van der Waals surface area contributed by atoms with Gasteiger partial charge in [-0.2, -0.15) is 4.72 Å². The molecule has 9 heteroatoms. The third kappa shape index (κ3) is 3.75. The van der Waals surface area contributed by atoms with Crippen LogP contribution in [0.4, 0.5) is 5.69 Å². The number of aryl methyl sites for hydroxylation is 1. The molecule has 1 aromatic rings. The third-order valence-corrected chi connectivity index (χ3v) is 3.96. The molecule has 0 radical (unpaired) electrons. The summed E-state index contributed by atoms with van der Waals surface area (Å²) in [6.45, 7) is 2.55. The molecule has 0 spiro atoms. The summed E-state index contributed by atoms with van der Waals surface area (Å²) in [4.78, 5) is 20.8. The van der Waals surface area contributed by atoms with Crippen LogP contribution in [0.3, 0.4) is 0 Å². The van der Waals surface area contributed by atoms with Crippen molar-refractivity contribution in [1.82, 2.24) is 4.72 Å². The highest BCUT2D eigenvalue weighted by atomic mass is 32.2. The molecule has 0 bridgehead atoms. The van der Waals surface area contributed by atoms with Gasteiger partial charge in [0.1, 0.15) is 6.54 Å². The van der Waals surface area contributed by atoms with E-state index in [1.807, 2.05) is 4.72 Å². The van der Waals surface area contributed by atoms with Crippen molar-refractivity contribution in [3.63, 3.8) is 0 Å². The molecule has 0 saturated heterocycles. The molecule has 1 aromatic carbocycles. The lowest BCUT2D eigenvalue weighted by molar-refractivity contribution is -0.387. The first-order chi connectivity index (χ1) is 9.29. The Labute approximate surface area is 115 Å². The van der Waals surface area contributed by atoms with Gasteiger partial charge in [-0.15, -0.1) is 0 Å². The van der Waals surface area contributed by atoms with Crippen LogP contribution < -0.4 is 4.72 Å². The predicted octanol–water partition coefficient (Wildman–Crippen LogP) is 0.745. The zero-order valence-electron chi connectivity index (χ0n) is 11.0. The van der Waals surface area contributed by atoms with Gasteiger partial charge in [0.2, 0.25) is 10.0 Å². The number of hydrogen-bond donors (Lipinski definition) is 1. The molecule has 0 saturated carbocycles. The second-order valence-corrected chi connectivity index (χ2v) is 5.51. The Kier molecular flexibility index (Phi) is 5.17. The summed E-state index contributed by atoms with van der Waals surface area (Å²) in [6, 6.07) is 3.91.